The number of anilines is 1. The van der Waals surface area contributed by atoms with E-state index in [4.69, 9.17) is 18.9 Å². The Bertz CT molecular complexity index is 1150. The minimum atomic E-state index is -0.0844. The molecule has 0 saturated carbocycles. The number of methoxy groups -OCH3 is 2. The summed E-state index contributed by atoms with van der Waals surface area (Å²) in [5.74, 6) is 0.529. The zero-order chi connectivity index (χ0) is 28.8. The molecule has 10 heteroatoms. The van der Waals surface area contributed by atoms with Crippen molar-refractivity contribution < 1.29 is 23.7 Å². The molecule has 0 radical (unpaired) electrons. The van der Waals surface area contributed by atoms with Crippen molar-refractivity contribution in [2.45, 2.75) is 82.8 Å². The van der Waals surface area contributed by atoms with Crippen LogP contribution in [0.25, 0.3) is 0 Å². The summed E-state index contributed by atoms with van der Waals surface area (Å²) in [6.07, 6.45) is 6.01. The number of nitrogens with one attached hydrogen (secondary N) is 2. The van der Waals surface area contributed by atoms with Gasteiger partial charge in [0.2, 0.25) is 0 Å². The number of rotatable bonds is 9. The summed E-state index contributed by atoms with van der Waals surface area (Å²) in [6, 6.07) is 9.40. The summed E-state index contributed by atoms with van der Waals surface area (Å²) in [5.41, 5.74) is 3.58. The lowest BCUT2D eigenvalue weighted by molar-refractivity contribution is -0.0533. The van der Waals surface area contributed by atoms with Crippen LogP contribution in [0.1, 0.15) is 71.8 Å². The van der Waals surface area contributed by atoms with Gasteiger partial charge in [-0.05, 0) is 57.9 Å². The Hall–Kier alpha value is -2.79. The Kier molecular flexibility index (Phi) is 10.1. The predicted molar refractivity (Wildman–Crippen MR) is 157 cm³/mol. The third kappa shape index (κ3) is 7.35. The topological polar surface area (TPSA) is 107 Å². The predicted octanol–water partition coefficient (Wildman–Crippen LogP) is 3.82. The summed E-state index contributed by atoms with van der Waals surface area (Å²) in [7, 11) is 3.26. The fourth-order valence-electron chi connectivity index (χ4n) is 6.09. The van der Waals surface area contributed by atoms with Crippen molar-refractivity contribution in [3.63, 3.8) is 0 Å². The first kappa shape index (κ1) is 29.7. The van der Waals surface area contributed by atoms with Crippen molar-refractivity contribution in [2.24, 2.45) is 0 Å². The number of aromatic nitrogens is 2. The lowest BCUT2D eigenvalue weighted by atomic mass is 9.97. The maximum atomic E-state index is 13.6. The lowest BCUT2D eigenvalue weighted by Gasteiger charge is -2.38. The second-order valence-corrected chi connectivity index (χ2v) is 11.5. The van der Waals surface area contributed by atoms with Crippen molar-refractivity contribution >= 4 is 11.7 Å². The molecule has 41 heavy (non-hydrogen) atoms. The fourth-order valence-corrected chi connectivity index (χ4v) is 6.09. The molecule has 4 atom stereocenters. The Morgan fingerprint density at radius 1 is 1.05 bits per heavy atom. The lowest BCUT2D eigenvalue weighted by Crippen LogP contribution is -2.54. The number of aryl methyl sites for hydroxylation is 1. The number of hydrogen-bond acceptors (Lipinski definition) is 9. The van der Waals surface area contributed by atoms with Crippen LogP contribution < -0.4 is 15.4 Å². The van der Waals surface area contributed by atoms with E-state index in [0.29, 0.717) is 43.8 Å². The maximum absolute atomic E-state index is 13.6. The average molecular weight is 568 g/mol. The van der Waals surface area contributed by atoms with Crippen LogP contribution in [0.4, 0.5) is 5.82 Å². The van der Waals surface area contributed by atoms with Gasteiger partial charge in [-0.25, -0.2) is 0 Å². The molecule has 0 spiro atoms. The summed E-state index contributed by atoms with van der Waals surface area (Å²) in [5, 5.41) is 7.19. The molecule has 10 nitrogen and oxygen atoms in total. The fraction of sp³-hybridized carbons (Fsp3) is 0.645. The molecule has 224 valence electrons. The molecule has 0 aliphatic carbocycles. The molecule has 4 heterocycles. The minimum Gasteiger partial charge on any atom is -0.467 e. The van der Waals surface area contributed by atoms with E-state index in [1.165, 1.54) is 18.2 Å². The zero-order valence-electron chi connectivity index (χ0n) is 24.9. The second-order valence-electron chi connectivity index (χ2n) is 11.5. The van der Waals surface area contributed by atoms with Crippen LogP contribution in [0.3, 0.4) is 0 Å². The Balaban J connectivity index is 1.19. The zero-order valence-corrected chi connectivity index (χ0v) is 24.9. The summed E-state index contributed by atoms with van der Waals surface area (Å²) < 4.78 is 23.0. The highest BCUT2D eigenvalue weighted by Gasteiger charge is 2.32. The molecule has 3 aliphatic heterocycles. The summed E-state index contributed by atoms with van der Waals surface area (Å²) >= 11 is 0. The third-order valence-corrected chi connectivity index (χ3v) is 8.64. The van der Waals surface area contributed by atoms with Gasteiger partial charge < -0.3 is 34.5 Å². The van der Waals surface area contributed by atoms with Gasteiger partial charge in [0, 0.05) is 51.0 Å². The molecule has 2 aromatic rings. The minimum absolute atomic E-state index is 0.0505. The maximum Gasteiger partial charge on any atom is 0.318 e. The van der Waals surface area contributed by atoms with E-state index in [1.807, 2.05) is 11.8 Å². The number of nitrogens with zero attached hydrogens (tertiary/aromatic N) is 3. The van der Waals surface area contributed by atoms with Gasteiger partial charge in [-0.1, -0.05) is 29.8 Å². The van der Waals surface area contributed by atoms with E-state index in [-0.39, 0.29) is 36.3 Å². The summed E-state index contributed by atoms with van der Waals surface area (Å²) in [6.45, 7) is 7.31. The SMILES string of the molecule is COc1nc(NC[C@H]2CCC[C@@H](c3ccc(C)cc3)O2)c(C)c(C(=O)N2CCC(NC3CCOCC3OC)CC2)n1. The number of ether oxygens (including phenoxy) is 4. The largest absolute Gasteiger partial charge is 0.467 e. The standard InChI is InChI=1S/C31H45N5O5/c1-20-8-10-22(11-9-20)26-7-5-6-24(41-26)18-32-29-21(2)28(34-31(35-29)39-4)30(37)36-15-12-23(13-16-36)33-25-14-17-40-19-27(25)38-3/h8-11,23-27,33H,5-7,12-19H2,1-4H3,(H,32,34,35)/t24-,25?,26+,27?/m1/s1. The van der Waals surface area contributed by atoms with Crippen LogP contribution in [0.2, 0.25) is 0 Å². The first-order chi connectivity index (χ1) is 19.9. The van der Waals surface area contributed by atoms with Gasteiger partial charge in [0.25, 0.3) is 5.91 Å². The quantitative estimate of drug-likeness (QED) is 0.468. The molecule has 5 rings (SSSR count). The number of carbonyl (C=O) groups is 1. The van der Waals surface area contributed by atoms with Crippen LogP contribution >= 0.6 is 0 Å². The van der Waals surface area contributed by atoms with E-state index in [2.05, 4.69) is 51.8 Å². The van der Waals surface area contributed by atoms with Crippen LogP contribution in [-0.2, 0) is 14.2 Å². The molecular formula is C31H45N5O5. The molecule has 2 unspecified atom stereocenters. The number of carbonyl (C=O) groups excluding carboxylic acids is 1. The van der Waals surface area contributed by atoms with Crippen LogP contribution in [0, 0.1) is 13.8 Å². The van der Waals surface area contributed by atoms with E-state index in [0.717, 1.165) is 50.7 Å². The highest BCUT2D eigenvalue weighted by atomic mass is 16.5. The van der Waals surface area contributed by atoms with Gasteiger partial charge in [0.15, 0.2) is 0 Å². The number of amides is 1. The Labute approximate surface area is 243 Å². The molecule has 1 aromatic heterocycles. The van der Waals surface area contributed by atoms with E-state index in [9.17, 15) is 4.79 Å². The van der Waals surface area contributed by atoms with Gasteiger partial charge in [-0.15, -0.1) is 0 Å². The highest BCUT2D eigenvalue weighted by Crippen LogP contribution is 2.32. The Morgan fingerprint density at radius 2 is 1.83 bits per heavy atom. The molecule has 3 aliphatic rings. The van der Waals surface area contributed by atoms with Crippen molar-refractivity contribution in [2.75, 3.05) is 52.4 Å². The average Bonchev–Trinajstić information content (AvgIpc) is 3.01. The highest BCUT2D eigenvalue weighted by molar-refractivity contribution is 5.95. The molecule has 3 saturated heterocycles. The first-order valence-corrected chi connectivity index (χ1v) is 15.0. The number of benzene rings is 1. The Morgan fingerprint density at radius 3 is 2.56 bits per heavy atom. The van der Waals surface area contributed by atoms with Crippen molar-refractivity contribution in [3.05, 3.63) is 46.6 Å². The molecule has 1 amide bonds. The third-order valence-electron chi connectivity index (χ3n) is 8.64. The normalized spacial score (nSPS) is 25.6. The molecule has 1 aromatic carbocycles. The second kappa shape index (κ2) is 13.9. The number of hydrogen-bond donors (Lipinski definition) is 2. The molecule has 2 N–H and O–H groups in total. The monoisotopic (exact) mass is 567 g/mol. The van der Waals surface area contributed by atoms with Crippen LogP contribution in [0.15, 0.2) is 24.3 Å². The summed E-state index contributed by atoms with van der Waals surface area (Å²) in [4.78, 5) is 24.5. The smallest absolute Gasteiger partial charge is 0.318 e. The molecule has 0 bridgehead atoms. The van der Waals surface area contributed by atoms with Crippen LogP contribution in [-0.4, -0.2) is 92.1 Å². The van der Waals surface area contributed by atoms with Crippen LogP contribution in [0.5, 0.6) is 6.01 Å². The van der Waals surface area contributed by atoms with Crippen molar-refractivity contribution in [3.8, 4) is 6.01 Å². The molecular weight excluding hydrogens is 522 g/mol. The van der Waals surface area contributed by atoms with E-state index in [1.54, 1.807) is 7.11 Å². The van der Waals surface area contributed by atoms with Gasteiger partial charge in [-0.3, -0.25) is 4.79 Å². The van der Waals surface area contributed by atoms with E-state index >= 15 is 0 Å². The van der Waals surface area contributed by atoms with Gasteiger partial charge in [0.1, 0.15) is 11.5 Å². The van der Waals surface area contributed by atoms with E-state index < -0.39 is 0 Å². The number of likely N-dealkylation sites (tertiary alicyclic amines) is 1. The molecule has 3 fully saturated rings. The first-order valence-electron chi connectivity index (χ1n) is 15.0. The number of piperidine rings is 1. The van der Waals surface area contributed by atoms with Gasteiger partial charge in [0.05, 0.1) is 32.0 Å². The van der Waals surface area contributed by atoms with Gasteiger partial charge in [-0.2, -0.15) is 9.97 Å². The van der Waals surface area contributed by atoms with Gasteiger partial charge >= 0.3 is 6.01 Å². The van der Waals surface area contributed by atoms with Crippen molar-refractivity contribution in [1.82, 2.24) is 20.2 Å². The van der Waals surface area contributed by atoms with Crippen molar-refractivity contribution in [1.29, 1.82) is 0 Å².